The largest absolute Gasteiger partial charge is 0.427 e. The fourth-order valence-electron chi connectivity index (χ4n) is 1.37. The van der Waals surface area contributed by atoms with E-state index in [1.54, 1.807) is 53.4 Å². The predicted octanol–water partition coefficient (Wildman–Crippen LogP) is 1.21. The minimum atomic E-state index is -3.20. The summed E-state index contributed by atoms with van der Waals surface area (Å²) in [5, 5.41) is 10.0. The van der Waals surface area contributed by atoms with Gasteiger partial charge < -0.3 is 9.76 Å². The molecule has 0 aliphatic heterocycles. The molecule has 111 valence electrons. The second kappa shape index (κ2) is 5.50. The van der Waals surface area contributed by atoms with Crippen molar-refractivity contribution in [2.24, 2.45) is 0 Å². The Hall–Kier alpha value is -0.845. The quantitative estimate of drug-likeness (QED) is 0.830. The predicted molar refractivity (Wildman–Crippen MR) is 81.1 cm³/mol. The molecule has 0 amide bonds. The molecule has 4 nitrogen and oxygen atoms in total. The van der Waals surface area contributed by atoms with Gasteiger partial charge in [-0.25, -0.2) is 8.42 Å². The summed E-state index contributed by atoms with van der Waals surface area (Å²) in [5.74, 6) is 0. The number of aliphatic hydroxyl groups is 1. The Morgan fingerprint density at radius 2 is 1.75 bits per heavy atom. The van der Waals surface area contributed by atoms with Crippen molar-refractivity contribution < 1.29 is 18.2 Å². The molecule has 1 radical (unpaired) electrons. The number of aryl methyl sites for hydroxylation is 1. The standard InChI is InChI=1S/C14H22BO4S/c1-10-9-11(20(6,17)18)7-8-12(10)15-19-14(4,5)13(2,3)16/h7-9,16H,1-6H3. The van der Waals surface area contributed by atoms with E-state index in [4.69, 9.17) is 4.65 Å². The van der Waals surface area contributed by atoms with E-state index in [0.29, 0.717) is 0 Å². The normalized spacial score (nSPS) is 13.3. The van der Waals surface area contributed by atoms with Crippen molar-refractivity contribution in [1.82, 2.24) is 0 Å². The first-order valence-corrected chi connectivity index (χ1v) is 8.28. The SMILES string of the molecule is Cc1cc(S(C)(=O)=O)ccc1[B]OC(C)(C)C(C)(C)O. The van der Waals surface area contributed by atoms with Gasteiger partial charge >= 0.3 is 7.48 Å². The summed E-state index contributed by atoms with van der Waals surface area (Å²) >= 11 is 0. The van der Waals surface area contributed by atoms with Crippen LogP contribution in [0.3, 0.4) is 0 Å². The highest BCUT2D eigenvalue weighted by molar-refractivity contribution is 7.90. The molecule has 0 aliphatic rings. The first kappa shape index (κ1) is 17.2. The van der Waals surface area contributed by atoms with E-state index < -0.39 is 21.0 Å². The van der Waals surface area contributed by atoms with Crippen LogP contribution in [0.4, 0.5) is 0 Å². The van der Waals surface area contributed by atoms with E-state index in [1.807, 2.05) is 6.92 Å². The number of hydrogen-bond acceptors (Lipinski definition) is 4. The lowest BCUT2D eigenvalue weighted by Crippen LogP contribution is -2.49. The molecule has 0 saturated carbocycles. The van der Waals surface area contributed by atoms with Crippen molar-refractivity contribution in [3.63, 3.8) is 0 Å². The van der Waals surface area contributed by atoms with Crippen molar-refractivity contribution in [1.29, 1.82) is 0 Å². The smallest absolute Gasteiger partial charge is 0.331 e. The van der Waals surface area contributed by atoms with Crippen LogP contribution in [0.15, 0.2) is 23.1 Å². The number of benzene rings is 1. The molecule has 0 saturated heterocycles. The van der Waals surface area contributed by atoms with Crippen molar-refractivity contribution in [2.75, 3.05) is 6.26 Å². The van der Waals surface area contributed by atoms with Crippen molar-refractivity contribution in [2.45, 2.75) is 50.7 Å². The van der Waals surface area contributed by atoms with Gasteiger partial charge in [-0.3, -0.25) is 0 Å². The maximum absolute atomic E-state index is 11.5. The zero-order chi connectivity index (χ0) is 15.8. The van der Waals surface area contributed by atoms with Crippen LogP contribution in [0.1, 0.15) is 33.3 Å². The lowest BCUT2D eigenvalue weighted by atomic mass is 9.80. The fourth-order valence-corrected chi connectivity index (χ4v) is 2.07. The molecule has 0 aliphatic carbocycles. The van der Waals surface area contributed by atoms with Crippen LogP contribution in [0, 0.1) is 6.92 Å². The van der Waals surface area contributed by atoms with Gasteiger partial charge in [0.2, 0.25) is 0 Å². The van der Waals surface area contributed by atoms with Gasteiger partial charge in [0.15, 0.2) is 9.84 Å². The Bertz CT molecular complexity index is 586. The van der Waals surface area contributed by atoms with E-state index in [0.717, 1.165) is 11.0 Å². The molecule has 0 bridgehead atoms. The van der Waals surface area contributed by atoms with Gasteiger partial charge in [0.05, 0.1) is 16.1 Å². The third-order valence-electron chi connectivity index (χ3n) is 3.62. The summed E-state index contributed by atoms with van der Waals surface area (Å²) in [6, 6.07) is 4.86. The Labute approximate surface area is 122 Å². The van der Waals surface area contributed by atoms with Gasteiger partial charge in [-0.1, -0.05) is 17.1 Å². The van der Waals surface area contributed by atoms with Crippen LogP contribution in [-0.2, 0) is 14.5 Å². The fraction of sp³-hybridized carbons (Fsp3) is 0.571. The van der Waals surface area contributed by atoms with E-state index in [9.17, 15) is 13.5 Å². The zero-order valence-corrected chi connectivity index (χ0v) is 13.7. The van der Waals surface area contributed by atoms with Gasteiger partial charge in [0.1, 0.15) is 0 Å². The molecule has 1 aromatic carbocycles. The van der Waals surface area contributed by atoms with Gasteiger partial charge in [-0.15, -0.1) is 0 Å². The monoisotopic (exact) mass is 297 g/mol. The van der Waals surface area contributed by atoms with Crippen molar-refractivity contribution >= 4 is 22.8 Å². The minimum absolute atomic E-state index is 0.286. The molecule has 0 spiro atoms. The maximum Gasteiger partial charge on any atom is 0.331 e. The van der Waals surface area contributed by atoms with E-state index >= 15 is 0 Å². The van der Waals surface area contributed by atoms with Crippen molar-refractivity contribution in [3.05, 3.63) is 23.8 Å². The molecule has 0 unspecified atom stereocenters. The van der Waals surface area contributed by atoms with Crippen LogP contribution in [0.25, 0.3) is 0 Å². The molecule has 20 heavy (non-hydrogen) atoms. The molecule has 0 atom stereocenters. The summed E-state index contributed by atoms with van der Waals surface area (Å²) < 4.78 is 28.6. The third-order valence-corrected chi connectivity index (χ3v) is 4.73. The van der Waals surface area contributed by atoms with Crippen LogP contribution < -0.4 is 5.46 Å². The highest BCUT2D eigenvalue weighted by Crippen LogP contribution is 2.24. The van der Waals surface area contributed by atoms with E-state index in [-0.39, 0.29) is 4.90 Å². The highest BCUT2D eigenvalue weighted by Gasteiger charge is 2.35. The second-order valence-corrected chi connectivity index (χ2v) is 8.11. The Morgan fingerprint density at radius 1 is 1.20 bits per heavy atom. The van der Waals surface area contributed by atoms with Gasteiger partial charge in [0, 0.05) is 6.26 Å². The van der Waals surface area contributed by atoms with E-state index in [2.05, 4.69) is 0 Å². The number of sulfone groups is 1. The van der Waals surface area contributed by atoms with Gasteiger partial charge in [0.25, 0.3) is 0 Å². The molecule has 1 aromatic rings. The molecular formula is C14H22BO4S. The maximum atomic E-state index is 11.5. The Kier molecular flexibility index (Phi) is 4.74. The highest BCUT2D eigenvalue weighted by atomic mass is 32.2. The summed E-state index contributed by atoms with van der Waals surface area (Å²) in [5.41, 5.74) is -0.159. The first-order valence-electron chi connectivity index (χ1n) is 6.39. The molecular weight excluding hydrogens is 275 g/mol. The van der Waals surface area contributed by atoms with Crippen LogP contribution in [0.2, 0.25) is 0 Å². The molecule has 1 rings (SSSR count). The minimum Gasteiger partial charge on any atom is -0.427 e. The summed E-state index contributed by atoms with van der Waals surface area (Å²) in [6.07, 6.45) is 1.18. The third kappa shape index (κ3) is 4.07. The average molecular weight is 297 g/mol. The number of hydrogen-bond donors (Lipinski definition) is 1. The van der Waals surface area contributed by atoms with Crippen LogP contribution >= 0.6 is 0 Å². The Morgan fingerprint density at radius 3 is 2.15 bits per heavy atom. The molecule has 0 aromatic heterocycles. The lowest BCUT2D eigenvalue weighted by Gasteiger charge is -2.37. The molecule has 1 N–H and O–H groups in total. The summed E-state index contributed by atoms with van der Waals surface area (Å²) in [6.45, 7) is 8.77. The van der Waals surface area contributed by atoms with Gasteiger partial charge in [-0.05, 0) is 46.8 Å². The summed E-state index contributed by atoms with van der Waals surface area (Å²) in [4.78, 5) is 0.286. The van der Waals surface area contributed by atoms with Crippen LogP contribution in [0.5, 0.6) is 0 Å². The lowest BCUT2D eigenvalue weighted by molar-refractivity contribution is -0.0893. The first-order chi connectivity index (χ1) is 8.84. The van der Waals surface area contributed by atoms with E-state index in [1.165, 1.54) is 6.26 Å². The average Bonchev–Trinajstić information content (AvgIpc) is 2.24. The molecule has 6 heteroatoms. The summed E-state index contributed by atoms with van der Waals surface area (Å²) in [7, 11) is -1.65. The second-order valence-electron chi connectivity index (χ2n) is 6.10. The molecule has 0 heterocycles. The van der Waals surface area contributed by atoms with Gasteiger partial charge in [-0.2, -0.15) is 0 Å². The zero-order valence-electron chi connectivity index (χ0n) is 12.9. The Balaban J connectivity index is 2.91. The van der Waals surface area contributed by atoms with Crippen molar-refractivity contribution in [3.8, 4) is 0 Å². The molecule has 0 fully saturated rings. The van der Waals surface area contributed by atoms with Crippen LogP contribution in [-0.4, -0.2) is 38.5 Å². The topological polar surface area (TPSA) is 63.6 Å². The number of rotatable bonds is 5.